The lowest BCUT2D eigenvalue weighted by Crippen LogP contribution is -2.59. The smallest absolute Gasteiger partial charge is 0.408 e. The Morgan fingerprint density at radius 3 is 1.87 bits per heavy atom. The maximum Gasteiger partial charge on any atom is 0.408 e. The van der Waals surface area contributed by atoms with E-state index in [2.05, 4.69) is 41.7 Å². The predicted octanol–water partition coefficient (Wildman–Crippen LogP) is 3.99. The van der Waals surface area contributed by atoms with Crippen molar-refractivity contribution >= 4 is 35.7 Å². The number of ketones is 1. The molecule has 46 heavy (non-hydrogen) atoms. The summed E-state index contributed by atoms with van der Waals surface area (Å²) in [5, 5.41) is 10.2. The summed E-state index contributed by atoms with van der Waals surface area (Å²) in [4.78, 5) is 78.4. The van der Waals surface area contributed by atoms with Crippen molar-refractivity contribution in [3.63, 3.8) is 0 Å². The summed E-state index contributed by atoms with van der Waals surface area (Å²) < 4.78 is 10.5. The first-order valence-corrected chi connectivity index (χ1v) is 16.1. The van der Waals surface area contributed by atoms with E-state index in [1.807, 2.05) is 0 Å². The summed E-state index contributed by atoms with van der Waals surface area (Å²) in [7, 11) is 0. The van der Waals surface area contributed by atoms with Crippen molar-refractivity contribution in [2.75, 3.05) is 19.6 Å². The van der Waals surface area contributed by atoms with Gasteiger partial charge in [0.1, 0.15) is 23.3 Å². The maximum atomic E-state index is 13.7. The van der Waals surface area contributed by atoms with Gasteiger partial charge in [0.15, 0.2) is 0 Å². The highest BCUT2D eigenvalue weighted by molar-refractivity contribution is 6.38. The minimum atomic E-state index is -1.15. The summed E-state index contributed by atoms with van der Waals surface area (Å²) in [6.45, 7) is 23.9. The molecule has 0 aliphatic carbocycles. The molecule has 1 unspecified atom stereocenters. The monoisotopic (exact) mass is 653 g/mol. The maximum absolute atomic E-state index is 13.7. The predicted molar refractivity (Wildman–Crippen MR) is 177 cm³/mol. The Kier molecular flexibility index (Phi) is 17.6. The fourth-order valence-electron chi connectivity index (χ4n) is 4.26. The number of carbonyl (C=O) groups is 6. The number of hydrogen-bond donors (Lipinski definition) is 4. The summed E-state index contributed by atoms with van der Waals surface area (Å²) in [5.41, 5.74) is -2.14. The average molecular weight is 654 g/mol. The molecule has 0 aromatic carbocycles. The Balaban J connectivity index is 0.00000647. The number of alkyl carbamates (subject to hydrolysis) is 2. The Bertz CT molecular complexity index is 1060. The van der Waals surface area contributed by atoms with Crippen LogP contribution in [0.3, 0.4) is 0 Å². The number of amides is 5. The van der Waals surface area contributed by atoms with Gasteiger partial charge in [0.2, 0.25) is 17.6 Å². The molecule has 13 heteroatoms. The van der Waals surface area contributed by atoms with E-state index in [9.17, 15) is 28.8 Å². The van der Waals surface area contributed by atoms with E-state index in [1.54, 1.807) is 68.4 Å². The average Bonchev–Trinajstić information content (AvgIpc) is 3.39. The van der Waals surface area contributed by atoms with Gasteiger partial charge in [-0.1, -0.05) is 47.1 Å². The van der Waals surface area contributed by atoms with E-state index in [-0.39, 0.29) is 26.1 Å². The number of ether oxygens (including phenoxy) is 2. The number of nitrogens with one attached hydrogen (secondary N) is 4. The first-order valence-electron chi connectivity index (χ1n) is 16.1. The van der Waals surface area contributed by atoms with Crippen molar-refractivity contribution in [1.29, 1.82) is 0 Å². The summed E-state index contributed by atoms with van der Waals surface area (Å²) in [6.07, 6.45) is 2.79. The van der Waals surface area contributed by atoms with Crippen molar-refractivity contribution in [3.05, 3.63) is 12.7 Å². The van der Waals surface area contributed by atoms with Gasteiger partial charge < -0.3 is 35.6 Å². The second-order valence-corrected chi connectivity index (χ2v) is 14.3. The molecule has 1 fully saturated rings. The first kappa shape index (κ1) is 42.4. The van der Waals surface area contributed by atoms with Gasteiger partial charge >= 0.3 is 12.2 Å². The van der Waals surface area contributed by atoms with Crippen LogP contribution in [0.1, 0.15) is 108 Å². The van der Waals surface area contributed by atoms with Gasteiger partial charge in [0, 0.05) is 19.6 Å². The van der Waals surface area contributed by atoms with Gasteiger partial charge in [-0.15, -0.1) is 6.58 Å². The standard InChI is InChI=1S/C30H51N5O8.C3H8/c1-11-12-14-19(21(36)24(38)31-16-17-32-26(40)42-29(5,6)7)33-23(37)20-15-13-18-35(20)25(39)22(28(2,3)4)34-27(41)43-30(8,9)10;1-3-2/h11,19-20,22H,1,12-18H2,2-10H3,(H,31,38)(H,32,40)(H,33,37)(H,34,41);3H2,1-2H3/t19?,20-,22+;/m0./s1. The molecule has 1 saturated heterocycles. The van der Waals surface area contributed by atoms with Crippen LogP contribution in [-0.4, -0.2) is 89.6 Å². The number of Topliss-reactive ketones (excluding diaryl/α,β-unsaturated/α-hetero) is 1. The van der Waals surface area contributed by atoms with Crippen LogP contribution in [-0.2, 0) is 28.7 Å². The number of nitrogens with zero attached hydrogens (tertiary/aromatic N) is 1. The van der Waals surface area contributed by atoms with E-state index >= 15 is 0 Å². The van der Waals surface area contributed by atoms with Gasteiger partial charge in [-0.05, 0) is 72.6 Å². The molecule has 3 atom stereocenters. The fraction of sp³-hybridized carbons (Fsp3) is 0.758. The minimum Gasteiger partial charge on any atom is -0.444 e. The zero-order valence-corrected chi connectivity index (χ0v) is 29.9. The van der Waals surface area contributed by atoms with E-state index < -0.39 is 70.4 Å². The van der Waals surface area contributed by atoms with Crippen LogP contribution in [0.2, 0.25) is 0 Å². The lowest BCUT2D eigenvalue weighted by molar-refractivity contribution is -0.144. The quantitative estimate of drug-likeness (QED) is 0.139. The van der Waals surface area contributed by atoms with Crippen LogP contribution < -0.4 is 21.3 Å². The number of allylic oxidation sites excluding steroid dienone is 1. The molecular formula is C33H59N5O8. The van der Waals surface area contributed by atoms with Crippen molar-refractivity contribution in [2.45, 2.75) is 138 Å². The highest BCUT2D eigenvalue weighted by Gasteiger charge is 2.43. The molecule has 5 amide bonds. The molecule has 1 aliphatic rings. The molecular weight excluding hydrogens is 594 g/mol. The highest BCUT2D eigenvalue weighted by Crippen LogP contribution is 2.26. The van der Waals surface area contributed by atoms with Crippen LogP contribution in [0.15, 0.2) is 12.7 Å². The lowest BCUT2D eigenvalue weighted by atomic mass is 9.85. The van der Waals surface area contributed by atoms with Crippen LogP contribution in [0.4, 0.5) is 9.59 Å². The molecule has 0 bridgehead atoms. The zero-order valence-electron chi connectivity index (χ0n) is 29.9. The van der Waals surface area contributed by atoms with Crippen LogP contribution in [0.25, 0.3) is 0 Å². The second-order valence-electron chi connectivity index (χ2n) is 14.3. The number of carbonyl (C=O) groups excluding carboxylic acids is 6. The molecule has 0 aromatic heterocycles. The molecule has 1 rings (SSSR count). The van der Waals surface area contributed by atoms with Crippen LogP contribution in [0.5, 0.6) is 0 Å². The van der Waals surface area contributed by atoms with Crippen molar-refractivity contribution in [2.24, 2.45) is 5.41 Å². The Morgan fingerprint density at radius 1 is 0.848 bits per heavy atom. The SMILES string of the molecule is C=CCCC(NC(=O)[C@@H]1CCCN1C(=O)[C@@H](NC(=O)OC(C)(C)C)C(C)(C)C)C(=O)C(=O)NCCNC(=O)OC(C)(C)C.CCC. The molecule has 13 nitrogen and oxygen atoms in total. The van der Waals surface area contributed by atoms with E-state index in [1.165, 1.54) is 11.3 Å². The summed E-state index contributed by atoms with van der Waals surface area (Å²) in [5.74, 6) is -2.80. The zero-order chi connectivity index (χ0) is 35.9. The molecule has 0 aromatic rings. The molecule has 0 radical (unpaired) electrons. The molecule has 4 N–H and O–H groups in total. The second kappa shape index (κ2) is 19.1. The van der Waals surface area contributed by atoms with Gasteiger partial charge in [-0.2, -0.15) is 0 Å². The Morgan fingerprint density at radius 2 is 1.37 bits per heavy atom. The molecule has 0 spiro atoms. The third kappa shape index (κ3) is 16.6. The van der Waals surface area contributed by atoms with Crippen molar-refractivity contribution in [3.8, 4) is 0 Å². The number of likely N-dealkylation sites (tertiary alicyclic amines) is 1. The largest absolute Gasteiger partial charge is 0.444 e. The van der Waals surface area contributed by atoms with Gasteiger partial charge in [0.25, 0.3) is 5.91 Å². The Hall–Kier alpha value is -3.64. The molecule has 0 saturated carbocycles. The van der Waals surface area contributed by atoms with E-state index in [0.717, 1.165) is 0 Å². The lowest BCUT2D eigenvalue weighted by Gasteiger charge is -2.36. The van der Waals surface area contributed by atoms with Gasteiger partial charge in [-0.3, -0.25) is 19.2 Å². The van der Waals surface area contributed by atoms with Crippen molar-refractivity contribution < 1.29 is 38.2 Å². The number of rotatable bonds is 12. The van der Waals surface area contributed by atoms with Crippen molar-refractivity contribution in [1.82, 2.24) is 26.2 Å². The third-order valence-electron chi connectivity index (χ3n) is 6.21. The third-order valence-corrected chi connectivity index (χ3v) is 6.21. The fourth-order valence-corrected chi connectivity index (χ4v) is 4.26. The number of hydrogen-bond acceptors (Lipinski definition) is 8. The topological polar surface area (TPSA) is 172 Å². The summed E-state index contributed by atoms with van der Waals surface area (Å²) in [6, 6.07) is -3.02. The van der Waals surface area contributed by atoms with E-state index in [4.69, 9.17) is 9.47 Å². The minimum absolute atomic E-state index is 0.0308. The summed E-state index contributed by atoms with van der Waals surface area (Å²) >= 11 is 0. The first-order chi connectivity index (χ1) is 21.1. The highest BCUT2D eigenvalue weighted by atomic mass is 16.6. The molecule has 1 aliphatic heterocycles. The molecule has 264 valence electrons. The normalized spacial score (nSPS) is 16.1. The van der Waals surface area contributed by atoms with Gasteiger partial charge in [-0.25, -0.2) is 9.59 Å². The van der Waals surface area contributed by atoms with E-state index in [0.29, 0.717) is 19.3 Å². The van der Waals surface area contributed by atoms with Gasteiger partial charge in [0.05, 0.1) is 6.04 Å². The molecule has 1 heterocycles. The van der Waals surface area contributed by atoms with Crippen LogP contribution >= 0.6 is 0 Å². The Labute approximate surface area is 275 Å². The van der Waals surface area contributed by atoms with Crippen LogP contribution in [0, 0.1) is 5.41 Å².